The Labute approximate surface area is 126 Å². The Morgan fingerprint density at radius 1 is 1.40 bits per heavy atom. The van der Waals surface area contributed by atoms with Gasteiger partial charge in [-0.2, -0.15) is 0 Å². The van der Waals surface area contributed by atoms with Crippen LogP contribution in [0.15, 0.2) is 46.1 Å². The zero-order chi connectivity index (χ0) is 14.8. The molecule has 0 aliphatic carbocycles. The molecule has 0 bridgehead atoms. The molecule has 1 aromatic heterocycles. The van der Waals surface area contributed by atoms with E-state index in [1.807, 2.05) is 0 Å². The van der Waals surface area contributed by atoms with E-state index in [4.69, 9.17) is 34.0 Å². The molecule has 0 fully saturated rings. The van der Waals surface area contributed by atoms with Crippen molar-refractivity contribution < 1.29 is 12.8 Å². The summed E-state index contributed by atoms with van der Waals surface area (Å²) in [6.07, 6.45) is 2.92. The van der Waals surface area contributed by atoms with Crippen LogP contribution >= 0.6 is 23.8 Å². The minimum absolute atomic E-state index is 0.0253. The lowest BCUT2D eigenvalue weighted by Crippen LogP contribution is -2.23. The lowest BCUT2D eigenvalue weighted by molar-refractivity contribution is 0.561. The van der Waals surface area contributed by atoms with Gasteiger partial charge in [0.1, 0.15) is 9.88 Å². The van der Waals surface area contributed by atoms with E-state index in [0.717, 1.165) is 0 Å². The molecule has 0 spiro atoms. The average Bonchev–Trinajstić information content (AvgIpc) is 2.89. The molecular weight excluding hydrogens is 320 g/mol. The first-order valence-electron chi connectivity index (χ1n) is 5.50. The standard InChI is InChI=1S/C12H11ClN2O3S2/c13-10-5-9(12(14)19)1-2-11(10)20(16,17)15-6-8-3-4-18-7-8/h1-5,7,15H,6H2,(H2,14,19). The van der Waals surface area contributed by atoms with Crippen LogP contribution in [-0.2, 0) is 16.6 Å². The van der Waals surface area contributed by atoms with Gasteiger partial charge in [-0.25, -0.2) is 13.1 Å². The van der Waals surface area contributed by atoms with Gasteiger partial charge in [0.2, 0.25) is 10.0 Å². The molecule has 3 N–H and O–H groups in total. The van der Waals surface area contributed by atoms with Crippen LogP contribution in [0, 0.1) is 0 Å². The smallest absolute Gasteiger partial charge is 0.242 e. The fourth-order valence-electron chi connectivity index (χ4n) is 1.52. The first-order valence-corrected chi connectivity index (χ1v) is 7.77. The van der Waals surface area contributed by atoms with Crippen molar-refractivity contribution in [2.45, 2.75) is 11.4 Å². The van der Waals surface area contributed by atoms with Crippen molar-refractivity contribution in [1.82, 2.24) is 4.72 Å². The highest BCUT2D eigenvalue weighted by atomic mass is 35.5. The van der Waals surface area contributed by atoms with Gasteiger partial charge in [0.25, 0.3) is 0 Å². The number of thiocarbonyl (C=S) groups is 1. The van der Waals surface area contributed by atoms with Gasteiger partial charge in [-0.05, 0) is 18.2 Å². The van der Waals surface area contributed by atoms with E-state index < -0.39 is 10.0 Å². The van der Waals surface area contributed by atoms with Crippen LogP contribution in [0.1, 0.15) is 11.1 Å². The van der Waals surface area contributed by atoms with Crippen LogP contribution < -0.4 is 10.5 Å². The van der Waals surface area contributed by atoms with E-state index in [0.29, 0.717) is 11.1 Å². The number of nitrogens with two attached hydrogens (primary N) is 1. The summed E-state index contributed by atoms with van der Waals surface area (Å²) in [5.41, 5.74) is 6.69. The maximum absolute atomic E-state index is 12.1. The largest absolute Gasteiger partial charge is 0.472 e. The Morgan fingerprint density at radius 2 is 2.15 bits per heavy atom. The molecule has 0 unspecified atom stereocenters. The molecule has 0 atom stereocenters. The average molecular weight is 331 g/mol. The van der Waals surface area contributed by atoms with Gasteiger partial charge in [0, 0.05) is 17.7 Å². The van der Waals surface area contributed by atoms with Gasteiger partial charge in [0.05, 0.1) is 17.5 Å². The number of rotatable bonds is 5. The maximum Gasteiger partial charge on any atom is 0.242 e. The molecule has 0 amide bonds. The van der Waals surface area contributed by atoms with Gasteiger partial charge in [-0.15, -0.1) is 0 Å². The van der Waals surface area contributed by atoms with Crippen LogP contribution in [0.4, 0.5) is 0 Å². The maximum atomic E-state index is 12.1. The highest BCUT2D eigenvalue weighted by Gasteiger charge is 2.18. The lowest BCUT2D eigenvalue weighted by atomic mass is 10.2. The Bertz CT molecular complexity index is 727. The summed E-state index contributed by atoms with van der Waals surface area (Å²) in [6.45, 7) is 0.117. The topological polar surface area (TPSA) is 85.3 Å². The molecular formula is C12H11ClN2O3S2. The van der Waals surface area contributed by atoms with Crippen molar-refractivity contribution >= 4 is 38.8 Å². The minimum atomic E-state index is -3.72. The molecule has 0 saturated heterocycles. The van der Waals surface area contributed by atoms with Gasteiger partial charge in [0.15, 0.2) is 0 Å². The summed E-state index contributed by atoms with van der Waals surface area (Å²) < 4.78 is 31.6. The third-order valence-electron chi connectivity index (χ3n) is 2.55. The summed E-state index contributed by atoms with van der Waals surface area (Å²) in [7, 11) is -3.72. The quantitative estimate of drug-likeness (QED) is 0.819. The molecule has 0 aliphatic heterocycles. The summed E-state index contributed by atoms with van der Waals surface area (Å²) in [4.78, 5) is 0.130. The number of furan rings is 1. The van der Waals surface area contributed by atoms with E-state index in [1.54, 1.807) is 6.07 Å². The zero-order valence-corrected chi connectivity index (χ0v) is 12.6. The van der Waals surface area contributed by atoms with Gasteiger partial charge >= 0.3 is 0 Å². The summed E-state index contributed by atoms with van der Waals surface area (Å²) in [5.74, 6) is 0. The van der Waals surface area contributed by atoms with Crippen molar-refractivity contribution in [3.63, 3.8) is 0 Å². The molecule has 106 valence electrons. The molecule has 1 aromatic carbocycles. The van der Waals surface area contributed by atoms with Crippen LogP contribution in [0.3, 0.4) is 0 Å². The number of nitrogens with one attached hydrogen (secondary N) is 1. The van der Waals surface area contributed by atoms with Crippen LogP contribution in [0.2, 0.25) is 5.02 Å². The molecule has 20 heavy (non-hydrogen) atoms. The monoisotopic (exact) mass is 330 g/mol. The number of hydrogen-bond acceptors (Lipinski definition) is 4. The highest BCUT2D eigenvalue weighted by Crippen LogP contribution is 2.22. The second-order valence-corrected chi connectivity index (χ2v) is 6.55. The normalized spacial score (nSPS) is 11.4. The summed E-state index contributed by atoms with van der Waals surface area (Å²) >= 11 is 10.8. The van der Waals surface area contributed by atoms with Gasteiger partial charge < -0.3 is 10.2 Å². The molecule has 2 rings (SSSR count). The predicted octanol–water partition coefficient (Wildman–Crippen LogP) is 2.05. The van der Waals surface area contributed by atoms with Gasteiger partial charge in [-0.1, -0.05) is 29.9 Å². The Balaban J connectivity index is 2.23. The van der Waals surface area contributed by atoms with Crippen LogP contribution in [-0.4, -0.2) is 13.4 Å². The number of hydrogen-bond donors (Lipinski definition) is 2. The Hall–Kier alpha value is -1.41. The van der Waals surface area contributed by atoms with E-state index in [2.05, 4.69) is 4.72 Å². The second kappa shape index (κ2) is 5.92. The Morgan fingerprint density at radius 3 is 2.70 bits per heavy atom. The minimum Gasteiger partial charge on any atom is -0.472 e. The van der Waals surface area contributed by atoms with E-state index in [1.165, 1.54) is 30.7 Å². The van der Waals surface area contributed by atoms with E-state index in [-0.39, 0.29) is 21.5 Å². The summed E-state index contributed by atoms with van der Waals surface area (Å²) in [5, 5.41) is 0.0648. The number of halogens is 1. The summed E-state index contributed by atoms with van der Waals surface area (Å²) in [6, 6.07) is 5.98. The fraction of sp³-hybridized carbons (Fsp3) is 0.0833. The van der Waals surface area contributed by atoms with Crippen molar-refractivity contribution in [2.75, 3.05) is 0 Å². The second-order valence-electron chi connectivity index (χ2n) is 3.97. The molecule has 2 aromatic rings. The third kappa shape index (κ3) is 3.37. The predicted molar refractivity (Wildman–Crippen MR) is 80.1 cm³/mol. The van der Waals surface area contributed by atoms with Crippen molar-refractivity contribution in [3.8, 4) is 0 Å². The Kier molecular flexibility index (Phi) is 4.44. The van der Waals surface area contributed by atoms with E-state index >= 15 is 0 Å². The lowest BCUT2D eigenvalue weighted by Gasteiger charge is -2.08. The molecule has 0 saturated carbocycles. The van der Waals surface area contributed by atoms with Crippen molar-refractivity contribution in [3.05, 3.63) is 52.9 Å². The first kappa shape index (κ1) is 15.0. The van der Waals surface area contributed by atoms with E-state index in [9.17, 15) is 8.42 Å². The third-order valence-corrected chi connectivity index (χ3v) is 4.67. The first-order chi connectivity index (χ1) is 9.40. The molecule has 0 radical (unpaired) electrons. The number of sulfonamides is 1. The molecule has 0 aliphatic rings. The van der Waals surface area contributed by atoms with Crippen molar-refractivity contribution in [2.24, 2.45) is 5.73 Å². The molecule has 5 nitrogen and oxygen atoms in total. The van der Waals surface area contributed by atoms with Crippen LogP contribution in [0.5, 0.6) is 0 Å². The number of benzene rings is 1. The van der Waals surface area contributed by atoms with Gasteiger partial charge in [-0.3, -0.25) is 0 Å². The van der Waals surface area contributed by atoms with Crippen LogP contribution in [0.25, 0.3) is 0 Å². The highest BCUT2D eigenvalue weighted by molar-refractivity contribution is 7.89. The fourth-order valence-corrected chi connectivity index (χ4v) is 3.21. The SMILES string of the molecule is NC(=S)c1ccc(S(=O)(=O)NCc2ccoc2)c(Cl)c1. The van der Waals surface area contributed by atoms with Crippen molar-refractivity contribution in [1.29, 1.82) is 0 Å². The molecule has 8 heteroatoms. The molecule has 1 heterocycles. The zero-order valence-electron chi connectivity index (χ0n) is 10.2.